The quantitative estimate of drug-likeness (QED) is 0.899. The fourth-order valence-corrected chi connectivity index (χ4v) is 3.43. The molecular weight excluding hydrogens is 256 g/mol. The normalized spacial score (nSPS) is 21.4. The van der Waals surface area contributed by atoms with E-state index in [4.69, 9.17) is 0 Å². The van der Waals surface area contributed by atoms with Crippen molar-refractivity contribution in [2.75, 3.05) is 13.1 Å². The summed E-state index contributed by atoms with van der Waals surface area (Å²) in [5, 5.41) is 3.83. The topological polar surface area (TPSA) is 15.3 Å². The van der Waals surface area contributed by atoms with Crippen molar-refractivity contribution in [1.29, 1.82) is 0 Å². The van der Waals surface area contributed by atoms with Crippen molar-refractivity contribution < 1.29 is 0 Å². The summed E-state index contributed by atoms with van der Waals surface area (Å²) < 4.78 is 0. The number of benzene rings is 1. The Balaban J connectivity index is 2.27. The Morgan fingerprint density at radius 1 is 1.10 bits per heavy atom. The van der Waals surface area contributed by atoms with Crippen molar-refractivity contribution >= 4 is 0 Å². The molecule has 1 fully saturated rings. The smallest absolute Gasteiger partial charge is 0.0304 e. The van der Waals surface area contributed by atoms with Gasteiger partial charge in [0.2, 0.25) is 0 Å². The predicted octanol–water partition coefficient (Wildman–Crippen LogP) is 4.05. The van der Waals surface area contributed by atoms with Crippen LogP contribution in [0.2, 0.25) is 0 Å². The first kappa shape index (κ1) is 16.5. The lowest BCUT2D eigenvalue weighted by Crippen LogP contribution is -2.67. The highest BCUT2D eigenvalue weighted by atomic mass is 15.3. The van der Waals surface area contributed by atoms with Crippen molar-refractivity contribution in [2.24, 2.45) is 0 Å². The van der Waals surface area contributed by atoms with Crippen LogP contribution < -0.4 is 5.32 Å². The van der Waals surface area contributed by atoms with Gasteiger partial charge in [-0.3, -0.25) is 4.90 Å². The molecule has 0 aromatic heterocycles. The first-order chi connectivity index (χ1) is 9.83. The Kier molecular flexibility index (Phi) is 4.79. The van der Waals surface area contributed by atoms with E-state index in [-0.39, 0.29) is 11.1 Å². The summed E-state index contributed by atoms with van der Waals surface area (Å²) in [7, 11) is 0. The zero-order valence-corrected chi connectivity index (χ0v) is 14.7. The van der Waals surface area contributed by atoms with E-state index in [0.29, 0.717) is 0 Å². The van der Waals surface area contributed by atoms with Crippen molar-refractivity contribution in [3.05, 3.63) is 34.9 Å². The molecule has 118 valence electrons. The molecular formula is C19H32N2. The number of nitrogens with zero attached hydrogens (tertiary/aromatic N) is 1. The molecule has 0 amide bonds. The molecule has 1 aromatic carbocycles. The standard InChI is InChI=1S/C19H32N2/c1-7-19(8-2)14-21(18(5,6)13-20-19)12-17-15(3)10-9-11-16(17)4/h9-11,20H,7-8,12-14H2,1-6H3. The van der Waals surface area contributed by atoms with Gasteiger partial charge < -0.3 is 5.32 Å². The van der Waals surface area contributed by atoms with Gasteiger partial charge in [-0.2, -0.15) is 0 Å². The highest BCUT2D eigenvalue weighted by Gasteiger charge is 2.40. The molecule has 0 aliphatic carbocycles. The minimum atomic E-state index is 0.211. The van der Waals surface area contributed by atoms with E-state index in [2.05, 4.69) is 70.0 Å². The molecule has 2 nitrogen and oxygen atoms in total. The van der Waals surface area contributed by atoms with E-state index in [0.717, 1.165) is 19.6 Å². The molecule has 0 spiro atoms. The van der Waals surface area contributed by atoms with Crippen LogP contribution in [0.4, 0.5) is 0 Å². The van der Waals surface area contributed by atoms with Crippen LogP contribution >= 0.6 is 0 Å². The Morgan fingerprint density at radius 2 is 1.67 bits per heavy atom. The molecule has 0 atom stereocenters. The van der Waals surface area contributed by atoms with Crippen LogP contribution in [0, 0.1) is 13.8 Å². The number of hydrogen-bond acceptors (Lipinski definition) is 2. The van der Waals surface area contributed by atoms with Crippen LogP contribution in [0.25, 0.3) is 0 Å². The summed E-state index contributed by atoms with van der Waals surface area (Å²) in [6.07, 6.45) is 2.39. The van der Waals surface area contributed by atoms with Crippen LogP contribution in [0.3, 0.4) is 0 Å². The first-order valence-corrected chi connectivity index (χ1v) is 8.39. The van der Waals surface area contributed by atoms with Gasteiger partial charge >= 0.3 is 0 Å². The average molecular weight is 288 g/mol. The van der Waals surface area contributed by atoms with Gasteiger partial charge in [0.05, 0.1) is 0 Å². The number of aryl methyl sites for hydroxylation is 2. The Bertz CT molecular complexity index is 466. The lowest BCUT2D eigenvalue weighted by atomic mass is 9.84. The molecule has 1 saturated heterocycles. The molecule has 1 aliphatic rings. The van der Waals surface area contributed by atoms with Gasteiger partial charge in [-0.25, -0.2) is 0 Å². The molecule has 0 unspecified atom stereocenters. The third kappa shape index (κ3) is 3.32. The number of piperazine rings is 1. The van der Waals surface area contributed by atoms with Crippen LogP contribution in [0.5, 0.6) is 0 Å². The highest BCUT2D eigenvalue weighted by molar-refractivity contribution is 5.33. The fraction of sp³-hybridized carbons (Fsp3) is 0.684. The average Bonchev–Trinajstić information content (AvgIpc) is 2.45. The second-order valence-electron chi connectivity index (χ2n) is 7.38. The fourth-order valence-electron chi connectivity index (χ4n) is 3.43. The van der Waals surface area contributed by atoms with Gasteiger partial charge in [-0.05, 0) is 57.2 Å². The molecule has 1 aromatic rings. The third-order valence-electron chi connectivity index (χ3n) is 5.59. The van der Waals surface area contributed by atoms with E-state index < -0.39 is 0 Å². The van der Waals surface area contributed by atoms with Gasteiger partial charge in [-0.15, -0.1) is 0 Å². The monoisotopic (exact) mass is 288 g/mol. The zero-order chi connectivity index (χ0) is 15.7. The highest BCUT2D eigenvalue weighted by Crippen LogP contribution is 2.30. The number of nitrogens with one attached hydrogen (secondary N) is 1. The summed E-state index contributed by atoms with van der Waals surface area (Å²) in [4.78, 5) is 2.69. The minimum absolute atomic E-state index is 0.211. The number of rotatable bonds is 4. The minimum Gasteiger partial charge on any atom is -0.308 e. The molecule has 1 heterocycles. The first-order valence-electron chi connectivity index (χ1n) is 8.39. The van der Waals surface area contributed by atoms with Crippen molar-refractivity contribution in [2.45, 2.75) is 72.0 Å². The van der Waals surface area contributed by atoms with Crippen LogP contribution in [0.1, 0.15) is 57.2 Å². The molecule has 2 rings (SSSR count). The molecule has 21 heavy (non-hydrogen) atoms. The molecule has 0 radical (unpaired) electrons. The van der Waals surface area contributed by atoms with Crippen molar-refractivity contribution in [1.82, 2.24) is 10.2 Å². The lowest BCUT2D eigenvalue weighted by Gasteiger charge is -2.52. The Hall–Kier alpha value is -0.860. The second-order valence-corrected chi connectivity index (χ2v) is 7.38. The lowest BCUT2D eigenvalue weighted by molar-refractivity contribution is 0.0159. The molecule has 1 aliphatic heterocycles. The van der Waals surface area contributed by atoms with Gasteiger partial charge in [0.15, 0.2) is 0 Å². The maximum atomic E-state index is 3.83. The summed E-state index contributed by atoms with van der Waals surface area (Å²) in [5.74, 6) is 0. The molecule has 0 bridgehead atoms. The van der Waals surface area contributed by atoms with Crippen LogP contribution in [-0.2, 0) is 6.54 Å². The Labute approximate surface area is 130 Å². The number of hydrogen-bond donors (Lipinski definition) is 1. The van der Waals surface area contributed by atoms with Gasteiger partial charge in [0, 0.05) is 30.7 Å². The van der Waals surface area contributed by atoms with Crippen molar-refractivity contribution in [3.8, 4) is 0 Å². The van der Waals surface area contributed by atoms with E-state index in [1.807, 2.05) is 0 Å². The van der Waals surface area contributed by atoms with E-state index in [1.54, 1.807) is 0 Å². The molecule has 1 N–H and O–H groups in total. The van der Waals surface area contributed by atoms with E-state index in [1.165, 1.54) is 29.5 Å². The summed E-state index contributed by atoms with van der Waals surface area (Å²) in [6, 6.07) is 6.65. The van der Waals surface area contributed by atoms with Gasteiger partial charge in [0.25, 0.3) is 0 Å². The van der Waals surface area contributed by atoms with Gasteiger partial charge in [-0.1, -0.05) is 32.0 Å². The molecule has 0 saturated carbocycles. The second kappa shape index (κ2) is 6.10. The van der Waals surface area contributed by atoms with Crippen molar-refractivity contribution in [3.63, 3.8) is 0 Å². The van der Waals surface area contributed by atoms with Crippen LogP contribution in [-0.4, -0.2) is 29.1 Å². The third-order valence-corrected chi connectivity index (χ3v) is 5.59. The van der Waals surface area contributed by atoms with E-state index >= 15 is 0 Å². The summed E-state index contributed by atoms with van der Waals surface area (Å²) in [6.45, 7) is 17.1. The SMILES string of the molecule is CCC1(CC)CN(Cc2c(C)cccc2C)C(C)(C)CN1. The van der Waals surface area contributed by atoms with Crippen LogP contribution in [0.15, 0.2) is 18.2 Å². The van der Waals surface area contributed by atoms with E-state index in [9.17, 15) is 0 Å². The Morgan fingerprint density at radius 3 is 2.19 bits per heavy atom. The maximum absolute atomic E-state index is 3.83. The predicted molar refractivity (Wildman–Crippen MR) is 91.7 cm³/mol. The van der Waals surface area contributed by atoms with Gasteiger partial charge in [0.1, 0.15) is 0 Å². The zero-order valence-electron chi connectivity index (χ0n) is 14.7. The summed E-state index contributed by atoms with van der Waals surface area (Å²) in [5.41, 5.74) is 4.84. The largest absolute Gasteiger partial charge is 0.308 e. The maximum Gasteiger partial charge on any atom is 0.0304 e. The summed E-state index contributed by atoms with van der Waals surface area (Å²) >= 11 is 0. The molecule has 2 heteroatoms.